The van der Waals surface area contributed by atoms with Crippen molar-refractivity contribution in [2.75, 3.05) is 9.80 Å². The fraction of sp³-hybridized carbons (Fsp3) is 0. The van der Waals surface area contributed by atoms with E-state index in [2.05, 4.69) is 216 Å². The van der Waals surface area contributed by atoms with Crippen LogP contribution in [0, 0.1) is 0 Å². The highest BCUT2D eigenvalue weighted by molar-refractivity contribution is 6.28. The normalized spacial score (nSPS) is 11.6. The van der Waals surface area contributed by atoms with E-state index in [-0.39, 0.29) is 0 Å². The van der Waals surface area contributed by atoms with Gasteiger partial charge in [0, 0.05) is 39.4 Å². The number of anilines is 6. The summed E-state index contributed by atoms with van der Waals surface area (Å²) in [7, 11) is 0. The lowest BCUT2D eigenvalue weighted by atomic mass is 9.87. The number of para-hydroxylation sites is 4. The minimum Gasteiger partial charge on any atom is -0.310 e. The third kappa shape index (κ3) is 5.09. The van der Waals surface area contributed by atoms with Crippen molar-refractivity contribution in [1.29, 1.82) is 0 Å². The Morgan fingerprint density at radius 1 is 0.286 bits per heavy atom. The van der Waals surface area contributed by atoms with Gasteiger partial charge in [0.1, 0.15) is 0 Å². The summed E-state index contributed by atoms with van der Waals surface area (Å²) in [6.45, 7) is 0. The van der Waals surface area contributed by atoms with Crippen LogP contribution >= 0.6 is 0 Å². The number of pyridine rings is 1. The zero-order chi connectivity index (χ0) is 37.0. The van der Waals surface area contributed by atoms with Crippen molar-refractivity contribution < 1.29 is 0 Å². The van der Waals surface area contributed by atoms with Gasteiger partial charge in [-0.25, -0.2) is 0 Å². The summed E-state index contributed by atoms with van der Waals surface area (Å²) in [5.41, 5.74) is 10.2. The zero-order valence-electron chi connectivity index (χ0n) is 30.5. The van der Waals surface area contributed by atoms with Crippen LogP contribution in [0.3, 0.4) is 0 Å². The number of hydrogen-bond acceptors (Lipinski definition) is 3. The first-order valence-electron chi connectivity index (χ1n) is 19.1. The van der Waals surface area contributed by atoms with Crippen molar-refractivity contribution in [3.8, 4) is 11.1 Å². The van der Waals surface area contributed by atoms with Crippen molar-refractivity contribution in [3.05, 3.63) is 212 Å². The van der Waals surface area contributed by atoms with Gasteiger partial charge in [0.05, 0.1) is 22.6 Å². The van der Waals surface area contributed by atoms with Crippen LogP contribution in [0.15, 0.2) is 212 Å². The van der Waals surface area contributed by atoms with Gasteiger partial charge in [0.2, 0.25) is 0 Å². The molecule has 0 saturated heterocycles. The summed E-state index contributed by atoms with van der Waals surface area (Å²) >= 11 is 0. The van der Waals surface area contributed by atoms with Crippen LogP contribution in [-0.4, -0.2) is 4.98 Å². The number of hydrogen-bond donors (Lipinski definition) is 0. The molecular weight excluding hydrogens is 679 g/mol. The molecule has 0 atom stereocenters. The van der Waals surface area contributed by atoms with E-state index in [1.54, 1.807) is 0 Å². The van der Waals surface area contributed by atoms with Crippen LogP contribution in [0.4, 0.5) is 34.1 Å². The molecule has 0 fully saturated rings. The maximum atomic E-state index is 4.72. The lowest BCUT2D eigenvalue weighted by Crippen LogP contribution is -2.11. The van der Waals surface area contributed by atoms with E-state index in [1.165, 1.54) is 54.2 Å². The molecule has 0 unspecified atom stereocenters. The number of benzene rings is 10. The molecule has 0 aliphatic rings. The van der Waals surface area contributed by atoms with Gasteiger partial charge in [-0.15, -0.1) is 0 Å². The highest BCUT2D eigenvalue weighted by Gasteiger charge is 2.22. The molecule has 0 spiro atoms. The maximum Gasteiger partial charge on any atom is 0.0723 e. The molecule has 11 aromatic rings. The van der Waals surface area contributed by atoms with Gasteiger partial charge in [-0.2, -0.15) is 0 Å². The Morgan fingerprint density at radius 3 is 1.43 bits per heavy atom. The van der Waals surface area contributed by atoms with Gasteiger partial charge in [-0.3, -0.25) is 4.98 Å². The van der Waals surface area contributed by atoms with E-state index in [1.807, 2.05) is 6.20 Å². The second-order valence-electron chi connectivity index (χ2n) is 14.3. The van der Waals surface area contributed by atoms with Gasteiger partial charge in [0.25, 0.3) is 0 Å². The molecule has 0 N–H and O–H groups in total. The van der Waals surface area contributed by atoms with Gasteiger partial charge in [0.15, 0.2) is 0 Å². The van der Waals surface area contributed by atoms with E-state index < -0.39 is 0 Å². The third-order valence-electron chi connectivity index (χ3n) is 11.2. The Balaban J connectivity index is 1.14. The molecular formula is C53H35N3. The topological polar surface area (TPSA) is 19.4 Å². The maximum absolute atomic E-state index is 4.72. The van der Waals surface area contributed by atoms with Crippen molar-refractivity contribution in [2.24, 2.45) is 0 Å². The summed E-state index contributed by atoms with van der Waals surface area (Å²) in [6.07, 6.45) is 1.92. The van der Waals surface area contributed by atoms with Crippen molar-refractivity contribution in [1.82, 2.24) is 4.98 Å². The molecule has 0 amide bonds. The van der Waals surface area contributed by atoms with Crippen molar-refractivity contribution in [3.63, 3.8) is 0 Å². The smallest absolute Gasteiger partial charge is 0.0723 e. The summed E-state index contributed by atoms with van der Waals surface area (Å²) in [5, 5.41) is 11.0. The lowest BCUT2D eigenvalue weighted by Gasteiger charge is -2.29. The molecule has 1 aromatic heterocycles. The van der Waals surface area contributed by atoms with Crippen LogP contribution in [-0.2, 0) is 0 Å². The number of aromatic nitrogens is 1. The molecule has 0 aliphatic carbocycles. The van der Waals surface area contributed by atoms with Crippen molar-refractivity contribution in [2.45, 2.75) is 0 Å². The second kappa shape index (κ2) is 13.1. The minimum atomic E-state index is 0.974. The van der Waals surface area contributed by atoms with E-state index in [9.17, 15) is 0 Å². The molecule has 11 rings (SSSR count). The summed E-state index contributed by atoms with van der Waals surface area (Å²) in [4.78, 5) is 9.48. The predicted octanol–water partition coefficient (Wildman–Crippen LogP) is 14.9. The second-order valence-corrected chi connectivity index (χ2v) is 14.3. The van der Waals surface area contributed by atoms with E-state index in [0.29, 0.717) is 0 Å². The molecule has 10 aromatic carbocycles. The van der Waals surface area contributed by atoms with E-state index >= 15 is 0 Å². The Kier molecular flexibility index (Phi) is 7.49. The first-order chi connectivity index (χ1) is 27.8. The lowest BCUT2D eigenvalue weighted by molar-refractivity contribution is 1.29. The van der Waals surface area contributed by atoms with Gasteiger partial charge in [-0.05, 0) is 104 Å². The summed E-state index contributed by atoms with van der Waals surface area (Å²) < 4.78 is 0. The van der Waals surface area contributed by atoms with E-state index in [0.717, 1.165) is 45.0 Å². The molecule has 3 heteroatoms. The van der Waals surface area contributed by atoms with Crippen molar-refractivity contribution >= 4 is 88.1 Å². The monoisotopic (exact) mass is 713 g/mol. The van der Waals surface area contributed by atoms with Crippen LogP contribution < -0.4 is 9.80 Å². The minimum absolute atomic E-state index is 0.974. The molecule has 0 saturated carbocycles. The highest BCUT2D eigenvalue weighted by Crippen LogP contribution is 2.48. The Bertz CT molecular complexity index is 3150. The Hall–Kier alpha value is -7.49. The van der Waals surface area contributed by atoms with Crippen LogP contribution in [0.2, 0.25) is 0 Å². The first-order valence-corrected chi connectivity index (χ1v) is 19.1. The third-order valence-corrected chi connectivity index (χ3v) is 11.2. The zero-order valence-corrected chi connectivity index (χ0v) is 30.5. The molecule has 0 aliphatic heterocycles. The molecule has 1 heterocycles. The van der Waals surface area contributed by atoms with Gasteiger partial charge < -0.3 is 9.80 Å². The predicted molar refractivity (Wildman–Crippen MR) is 238 cm³/mol. The quantitative estimate of drug-likeness (QED) is 0.153. The molecule has 0 bridgehead atoms. The van der Waals surface area contributed by atoms with Crippen LogP contribution in [0.5, 0.6) is 0 Å². The van der Waals surface area contributed by atoms with Crippen LogP contribution in [0.25, 0.3) is 65.1 Å². The summed E-state index contributed by atoms with van der Waals surface area (Å²) in [6, 6.07) is 74.4. The first kappa shape index (κ1) is 32.0. The average Bonchev–Trinajstić information content (AvgIpc) is 3.27. The standard InChI is InChI=1S/C53H35N3/c1-4-14-38(15-5-1)55(39-16-6-2-7-17-39)49-33-31-42(41-20-10-11-21-44(41)49)43-28-24-36-26-30-47-50(32-27-37-25-29-45(43)52(36)53(37)47)56(40-18-8-3-9-19-40)51-34-35-54-48-23-13-12-22-46(48)51/h1-35H. The summed E-state index contributed by atoms with van der Waals surface area (Å²) in [5.74, 6) is 0. The average molecular weight is 714 g/mol. The van der Waals surface area contributed by atoms with Crippen LogP contribution in [0.1, 0.15) is 0 Å². The number of nitrogens with zero attached hydrogens (tertiary/aromatic N) is 3. The number of fused-ring (bicyclic) bond motifs is 2. The fourth-order valence-electron chi connectivity index (χ4n) is 8.77. The number of rotatable bonds is 7. The fourth-order valence-corrected chi connectivity index (χ4v) is 8.77. The molecule has 0 radical (unpaired) electrons. The largest absolute Gasteiger partial charge is 0.310 e. The SMILES string of the molecule is c1ccc(N(c2ccccc2)c2ccc(-c3ccc4ccc5c(N(c6ccccc6)c6ccnc7ccccc67)ccc6ccc3c4c65)c3ccccc23)cc1. The molecule has 3 nitrogen and oxygen atoms in total. The Morgan fingerprint density at radius 2 is 0.732 bits per heavy atom. The Labute approximate surface area is 325 Å². The van der Waals surface area contributed by atoms with Gasteiger partial charge >= 0.3 is 0 Å². The van der Waals surface area contributed by atoms with E-state index in [4.69, 9.17) is 4.98 Å². The molecule has 262 valence electrons. The molecule has 56 heavy (non-hydrogen) atoms. The highest BCUT2D eigenvalue weighted by atomic mass is 15.2. The van der Waals surface area contributed by atoms with Gasteiger partial charge in [-0.1, -0.05) is 146 Å².